The molecular weight excluding hydrogens is 252 g/mol. The molecule has 0 aliphatic rings. The van der Waals surface area contributed by atoms with Gasteiger partial charge in [-0.25, -0.2) is 4.79 Å². The predicted molar refractivity (Wildman–Crippen MR) is 76.0 cm³/mol. The van der Waals surface area contributed by atoms with Crippen molar-refractivity contribution in [2.75, 3.05) is 5.32 Å². The van der Waals surface area contributed by atoms with Gasteiger partial charge in [-0.3, -0.25) is 5.32 Å². The highest BCUT2D eigenvalue weighted by molar-refractivity contribution is 5.84. The van der Waals surface area contributed by atoms with Crippen LogP contribution in [0.2, 0.25) is 0 Å². The fourth-order valence-electron chi connectivity index (χ4n) is 1.73. The van der Waals surface area contributed by atoms with Crippen LogP contribution in [-0.4, -0.2) is 6.09 Å². The molecule has 4 heteroatoms. The summed E-state index contributed by atoms with van der Waals surface area (Å²) >= 11 is 0. The maximum Gasteiger partial charge on any atom is 0.411 e. The van der Waals surface area contributed by atoms with Crippen LogP contribution in [0.1, 0.15) is 11.1 Å². The number of amides is 1. The minimum atomic E-state index is -0.511. The van der Waals surface area contributed by atoms with Crippen LogP contribution in [0.4, 0.5) is 10.5 Å². The van der Waals surface area contributed by atoms with Crippen molar-refractivity contribution in [1.82, 2.24) is 0 Å². The highest BCUT2D eigenvalue weighted by Crippen LogP contribution is 2.11. The Balaban J connectivity index is 1.88. The van der Waals surface area contributed by atoms with Gasteiger partial charge in [0.25, 0.3) is 0 Å². The first-order valence-electron chi connectivity index (χ1n) is 6.21. The molecule has 4 nitrogen and oxygen atoms in total. The Morgan fingerprint density at radius 3 is 2.60 bits per heavy atom. The molecule has 1 N–H and O–H groups in total. The van der Waals surface area contributed by atoms with Gasteiger partial charge in [0.05, 0.1) is 12.5 Å². The SMILES string of the molecule is N#CCc1cccc(NC(=O)OCc2ccccc2)c1. The molecule has 100 valence electrons. The van der Waals surface area contributed by atoms with Gasteiger partial charge >= 0.3 is 6.09 Å². The van der Waals surface area contributed by atoms with Crippen LogP contribution in [0.25, 0.3) is 0 Å². The molecule has 0 atom stereocenters. The van der Waals surface area contributed by atoms with Gasteiger partial charge in [0, 0.05) is 5.69 Å². The summed E-state index contributed by atoms with van der Waals surface area (Å²) in [6.45, 7) is 0.227. The zero-order chi connectivity index (χ0) is 14.2. The molecular formula is C16H14N2O2. The summed E-state index contributed by atoms with van der Waals surface area (Å²) < 4.78 is 5.12. The zero-order valence-electron chi connectivity index (χ0n) is 10.9. The lowest BCUT2D eigenvalue weighted by molar-refractivity contribution is 0.155. The second-order valence-corrected chi connectivity index (χ2v) is 4.22. The van der Waals surface area contributed by atoms with Gasteiger partial charge in [0.15, 0.2) is 0 Å². The van der Waals surface area contributed by atoms with Crippen LogP contribution in [0, 0.1) is 11.3 Å². The summed E-state index contributed by atoms with van der Waals surface area (Å²) in [5, 5.41) is 11.3. The Labute approximate surface area is 117 Å². The van der Waals surface area contributed by atoms with Crippen LogP contribution >= 0.6 is 0 Å². The van der Waals surface area contributed by atoms with E-state index in [4.69, 9.17) is 10.00 Å². The topological polar surface area (TPSA) is 62.1 Å². The van der Waals surface area contributed by atoms with Gasteiger partial charge in [0.2, 0.25) is 0 Å². The number of rotatable bonds is 4. The summed E-state index contributed by atoms with van der Waals surface area (Å²) in [5.41, 5.74) is 2.41. The number of carbonyl (C=O) groups is 1. The number of ether oxygens (including phenoxy) is 1. The van der Waals surface area contributed by atoms with Gasteiger partial charge in [-0.15, -0.1) is 0 Å². The molecule has 0 aliphatic heterocycles. The highest BCUT2D eigenvalue weighted by Gasteiger charge is 2.04. The molecule has 0 heterocycles. The van der Waals surface area contributed by atoms with Crippen molar-refractivity contribution >= 4 is 11.8 Å². The first kappa shape index (κ1) is 13.6. The molecule has 20 heavy (non-hydrogen) atoms. The largest absolute Gasteiger partial charge is 0.444 e. The second-order valence-electron chi connectivity index (χ2n) is 4.22. The Morgan fingerprint density at radius 1 is 1.10 bits per heavy atom. The average molecular weight is 266 g/mol. The average Bonchev–Trinajstić information content (AvgIpc) is 2.47. The Hall–Kier alpha value is -2.80. The molecule has 1 amide bonds. The van der Waals surface area contributed by atoms with Crippen molar-refractivity contribution in [2.24, 2.45) is 0 Å². The number of nitrogens with one attached hydrogen (secondary N) is 1. The van der Waals surface area contributed by atoms with Crippen molar-refractivity contribution in [3.63, 3.8) is 0 Å². The molecule has 0 bridgehead atoms. The molecule has 0 unspecified atom stereocenters. The van der Waals surface area contributed by atoms with Crippen molar-refractivity contribution in [3.05, 3.63) is 65.7 Å². The van der Waals surface area contributed by atoms with E-state index in [2.05, 4.69) is 11.4 Å². The maximum absolute atomic E-state index is 11.7. The summed E-state index contributed by atoms with van der Waals surface area (Å²) in [4.78, 5) is 11.7. The number of nitriles is 1. The van der Waals surface area contributed by atoms with E-state index in [0.717, 1.165) is 11.1 Å². The Morgan fingerprint density at radius 2 is 1.85 bits per heavy atom. The fourth-order valence-corrected chi connectivity index (χ4v) is 1.73. The van der Waals surface area contributed by atoms with Gasteiger partial charge in [-0.05, 0) is 23.3 Å². The molecule has 0 aliphatic carbocycles. The molecule has 2 aromatic carbocycles. The van der Waals surface area contributed by atoms with Gasteiger partial charge in [-0.2, -0.15) is 5.26 Å². The quantitative estimate of drug-likeness (QED) is 0.921. The van der Waals surface area contributed by atoms with E-state index in [1.807, 2.05) is 36.4 Å². The number of benzene rings is 2. The van der Waals surface area contributed by atoms with Crippen LogP contribution in [-0.2, 0) is 17.8 Å². The summed E-state index contributed by atoms with van der Waals surface area (Å²) in [6.07, 6.45) is -0.197. The summed E-state index contributed by atoms with van der Waals surface area (Å²) in [7, 11) is 0. The smallest absolute Gasteiger partial charge is 0.411 e. The molecule has 0 radical (unpaired) electrons. The lowest BCUT2D eigenvalue weighted by atomic mass is 10.1. The van der Waals surface area contributed by atoms with E-state index >= 15 is 0 Å². The van der Waals surface area contributed by atoms with E-state index in [1.165, 1.54) is 0 Å². The third-order valence-corrected chi connectivity index (χ3v) is 2.67. The van der Waals surface area contributed by atoms with Gasteiger partial charge in [-0.1, -0.05) is 42.5 Å². The molecule has 2 aromatic rings. The van der Waals surface area contributed by atoms with E-state index in [0.29, 0.717) is 12.1 Å². The third kappa shape index (κ3) is 4.14. The Kier molecular flexibility index (Phi) is 4.74. The van der Waals surface area contributed by atoms with Gasteiger partial charge in [0.1, 0.15) is 6.61 Å². The van der Waals surface area contributed by atoms with Crippen molar-refractivity contribution in [3.8, 4) is 6.07 Å². The monoisotopic (exact) mass is 266 g/mol. The first-order chi connectivity index (χ1) is 9.78. The molecule has 2 rings (SSSR count). The van der Waals surface area contributed by atoms with E-state index in [-0.39, 0.29) is 6.61 Å². The van der Waals surface area contributed by atoms with Crippen molar-refractivity contribution in [2.45, 2.75) is 13.0 Å². The van der Waals surface area contributed by atoms with Gasteiger partial charge < -0.3 is 4.74 Å². The minimum Gasteiger partial charge on any atom is -0.444 e. The van der Waals surface area contributed by atoms with Crippen molar-refractivity contribution < 1.29 is 9.53 Å². The minimum absolute atomic E-state index is 0.227. The number of hydrogen-bond acceptors (Lipinski definition) is 3. The lowest BCUT2D eigenvalue weighted by Gasteiger charge is -2.07. The van der Waals surface area contributed by atoms with Crippen LogP contribution in [0.5, 0.6) is 0 Å². The molecule has 0 saturated heterocycles. The fraction of sp³-hybridized carbons (Fsp3) is 0.125. The normalized spacial score (nSPS) is 9.55. The molecule has 0 spiro atoms. The lowest BCUT2D eigenvalue weighted by Crippen LogP contribution is -2.13. The maximum atomic E-state index is 11.7. The van der Waals surface area contributed by atoms with Crippen LogP contribution in [0.3, 0.4) is 0 Å². The molecule has 0 aromatic heterocycles. The van der Waals surface area contributed by atoms with Crippen LogP contribution < -0.4 is 5.32 Å². The number of anilines is 1. The van der Waals surface area contributed by atoms with E-state index < -0.39 is 6.09 Å². The standard InChI is InChI=1S/C16H14N2O2/c17-10-9-13-7-4-8-15(11-13)18-16(19)20-12-14-5-2-1-3-6-14/h1-8,11H,9,12H2,(H,18,19). The van der Waals surface area contributed by atoms with E-state index in [1.54, 1.807) is 18.2 Å². The first-order valence-corrected chi connectivity index (χ1v) is 6.21. The second kappa shape index (κ2) is 6.95. The third-order valence-electron chi connectivity index (χ3n) is 2.67. The zero-order valence-corrected chi connectivity index (χ0v) is 10.9. The summed E-state index contributed by atoms with van der Waals surface area (Å²) in [5.74, 6) is 0. The molecule has 0 fully saturated rings. The highest BCUT2D eigenvalue weighted by atomic mass is 16.5. The number of hydrogen-bond donors (Lipinski definition) is 1. The predicted octanol–water partition coefficient (Wildman–Crippen LogP) is 3.50. The number of carbonyl (C=O) groups excluding carboxylic acids is 1. The van der Waals surface area contributed by atoms with E-state index in [9.17, 15) is 4.79 Å². The van der Waals surface area contributed by atoms with Crippen LogP contribution in [0.15, 0.2) is 54.6 Å². The van der Waals surface area contributed by atoms with Crippen molar-refractivity contribution in [1.29, 1.82) is 5.26 Å². The Bertz CT molecular complexity index is 618. The molecule has 0 saturated carbocycles. The number of nitrogens with zero attached hydrogens (tertiary/aromatic N) is 1. The summed E-state index contributed by atoms with van der Waals surface area (Å²) in [6, 6.07) is 18.7.